The second-order valence-corrected chi connectivity index (χ2v) is 7.85. The van der Waals surface area contributed by atoms with Crippen LogP contribution in [0.1, 0.15) is 0 Å². The standard InChI is InChI=1S/C24H23FN8O2/c1-2-20(34)28-15-4-3-5-17(12-15)33-14-27-21-22(26)30-24(31-23(21)33)29-19-7-6-16(13-18(19)25)32-8-10-35-11-9-32/h2-7,12-14H,1,8-11H2,(H,28,34)(H3,26,29,30,31). The van der Waals surface area contributed by atoms with E-state index in [1.54, 1.807) is 35.2 Å². The smallest absolute Gasteiger partial charge is 0.247 e. The van der Waals surface area contributed by atoms with Gasteiger partial charge in [-0.15, -0.1) is 0 Å². The van der Waals surface area contributed by atoms with E-state index < -0.39 is 5.82 Å². The lowest BCUT2D eigenvalue weighted by molar-refractivity contribution is -0.111. The molecule has 0 spiro atoms. The van der Waals surface area contributed by atoms with Crippen LogP contribution in [-0.4, -0.2) is 51.7 Å². The highest BCUT2D eigenvalue weighted by Crippen LogP contribution is 2.27. The molecule has 1 amide bonds. The third-order valence-corrected chi connectivity index (χ3v) is 5.58. The molecule has 4 N–H and O–H groups in total. The molecule has 0 unspecified atom stereocenters. The number of hydrogen-bond donors (Lipinski definition) is 3. The monoisotopic (exact) mass is 474 g/mol. The Hall–Kier alpha value is -4.51. The lowest BCUT2D eigenvalue weighted by atomic mass is 10.2. The molecule has 0 radical (unpaired) electrons. The largest absolute Gasteiger partial charge is 0.382 e. The summed E-state index contributed by atoms with van der Waals surface area (Å²) in [6.45, 7) is 6.12. The first-order valence-electron chi connectivity index (χ1n) is 11.0. The van der Waals surface area contributed by atoms with Crippen molar-refractivity contribution in [3.63, 3.8) is 0 Å². The fourth-order valence-electron chi connectivity index (χ4n) is 3.84. The first-order valence-corrected chi connectivity index (χ1v) is 11.0. The molecule has 5 rings (SSSR count). The highest BCUT2D eigenvalue weighted by molar-refractivity contribution is 5.99. The van der Waals surface area contributed by atoms with Crippen LogP contribution in [0.4, 0.5) is 33.2 Å². The Morgan fingerprint density at radius 3 is 2.74 bits per heavy atom. The van der Waals surface area contributed by atoms with Gasteiger partial charge in [-0.3, -0.25) is 9.36 Å². The van der Waals surface area contributed by atoms with Crippen molar-refractivity contribution < 1.29 is 13.9 Å². The van der Waals surface area contributed by atoms with Crippen LogP contribution in [0.3, 0.4) is 0 Å². The number of rotatable bonds is 6. The maximum atomic E-state index is 14.9. The number of hydrogen-bond acceptors (Lipinski definition) is 8. The van der Waals surface area contributed by atoms with Gasteiger partial charge < -0.3 is 26.0 Å². The van der Waals surface area contributed by atoms with Crippen LogP contribution in [0.25, 0.3) is 16.9 Å². The Balaban J connectivity index is 1.45. The van der Waals surface area contributed by atoms with E-state index in [1.807, 2.05) is 12.1 Å². The van der Waals surface area contributed by atoms with Crippen LogP contribution in [0.2, 0.25) is 0 Å². The lowest BCUT2D eigenvalue weighted by Crippen LogP contribution is -2.36. The zero-order valence-corrected chi connectivity index (χ0v) is 18.7. The summed E-state index contributed by atoms with van der Waals surface area (Å²) in [5, 5.41) is 5.64. The number of imidazole rings is 1. The molecule has 1 aliphatic rings. The van der Waals surface area contributed by atoms with Gasteiger partial charge in [0.05, 0.1) is 24.6 Å². The number of aromatic nitrogens is 4. The number of carbonyl (C=O) groups is 1. The summed E-state index contributed by atoms with van der Waals surface area (Å²) in [6.07, 6.45) is 2.75. The number of nitrogens with one attached hydrogen (secondary N) is 2. The molecule has 0 aliphatic carbocycles. The molecule has 11 heteroatoms. The van der Waals surface area contributed by atoms with Crippen LogP contribution in [0, 0.1) is 5.82 Å². The van der Waals surface area contributed by atoms with Crippen molar-refractivity contribution in [1.82, 2.24) is 19.5 Å². The van der Waals surface area contributed by atoms with Gasteiger partial charge in [0.1, 0.15) is 12.1 Å². The summed E-state index contributed by atoms with van der Waals surface area (Å²) in [6, 6.07) is 12.1. The Kier molecular flexibility index (Phi) is 5.98. The van der Waals surface area contributed by atoms with Crippen molar-refractivity contribution >= 4 is 45.9 Å². The van der Waals surface area contributed by atoms with Crippen LogP contribution < -0.4 is 21.3 Å². The number of nitrogens with zero attached hydrogens (tertiary/aromatic N) is 5. The van der Waals surface area contributed by atoms with Crippen LogP contribution in [0.15, 0.2) is 61.4 Å². The summed E-state index contributed by atoms with van der Waals surface area (Å²) in [7, 11) is 0. The SMILES string of the molecule is C=CC(=O)Nc1cccc(-n2cnc3c(N)nc(Nc4ccc(N5CCOCC5)cc4F)nc32)c1. The third-order valence-electron chi connectivity index (χ3n) is 5.58. The minimum atomic E-state index is -0.435. The van der Waals surface area contributed by atoms with Gasteiger partial charge in [-0.25, -0.2) is 9.37 Å². The number of nitrogens with two attached hydrogens (primary N) is 1. The van der Waals surface area contributed by atoms with Gasteiger partial charge >= 0.3 is 0 Å². The average molecular weight is 475 g/mol. The van der Waals surface area contributed by atoms with Crippen LogP contribution in [-0.2, 0) is 9.53 Å². The minimum absolute atomic E-state index is 0.130. The molecule has 1 aliphatic heterocycles. The number of halogens is 1. The molecule has 0 bridgehead atoms. The molecule has 35 heavy (non-hydrogen) atoms. The third kappa shape index (κ3) is 4.62. The average Bonchev–Trinajstić information content (AvgIpc) is 3.30. The number of benzene rings is 2. The number of carbonyl (C=O) groups excluding carboxylic acids is 1. The zero-order chi connectivity index (χ0) is 24.4. The molecule has 0 atom stereocenters. The molecule has 10 nitrogen and oxygen atoms in total. The molecule has 178 valence electrons. The normalized spacial score (nSPS) is 13.6. The fraction of sp³-hybridized carbons (Fsp3) is 0.167. The summed E-state index contributed by atoms with van der Waals surface area (Å²) in [4.78, 5) is 26.8. The van der Waals surface area contributed by atoms with Crippen molar-refractivity contribution in [2.45, 2.75) is 0 Å². The maximum Gasteiger partial charge on any atom is 0.247 e. The fourth-order valence-corrected chi connectivity index (χ4v) is 3.84. The second kappa shape index (κ2) is 9.39. The molecular weight excluding hydrogens is 451 g/mol. The number of fused-ring (bicyclic) bond motifs is 1. The number of ether oxygens (including phenoxy) is 1. The lowest BCUT2D eigenvalue weighted by Gasteiger charge is -2.29. The van der Waals surface area contributed by atoms with Gasteiger partial charge in [0, 0.05) is 24.5 Å². The van der Waals surface area contributed by atoms with E-state index in [-0.39, 0.29) is 23.4 Å². The molecule has 0 saturated carbocycles. The zero-order valence-electron chi connectivity index (χ0n) is 18.7. The molecule has 1 saturated heterocycles. The summed E-state index contributed by atoms with van der Waals surface area (Å²) >= 11 is 0. The molecule has 2 aromatic heterocycles. The van der Waals surface area contributed by atoms with Gasteiger partial charge in [-0.1, -0.05) is 12.6 Å². The van der Waals surface area contributed by atoms with Crippen molar-refractivity contribution in [1.29, 1.82) is 0 Å². The highest BCUT2D eigenvalue weighted by Gasteiger charge is 2.16. The number of anilines is 5. The van der Waals surface area contributed by atoms with E-state index in [2.05, 4.69) is 37.1 Å². The molecular formula is C24H23FN8O2. The van der Waals surface area contributed by atoms with Crippen molar-refractivity contribution in [3.8, 4) is 5.69 Å². The summed E-state index contributed by atoms with van der Waals surface area (Å²) in [5.74, 6) is -0.476. The molecule has 1 fully saturated rings. The van der Waals surface area contributed by atoms with E-state index >= 15 is 0 Å². The van der Waals surface area contributed by atoms with Gasteiger partial charge in [0.25, 0.3) is 0 Å². The van der Waals surface area contributed by atoms with Crippen LogP contribution in [0.5, 0.6) is 0 Å². The van der Waals surface area contributed by atoms with Crippen LogP contribution >= 0.6 is 0 Å². The Labute approximate surface area is 200 Å². The molecule has 3 heterocycles. The topological polar surface area (TPSA) is 123 Å². The maximum absolute atomic E-state index is 14.9. The predicted molar refractivity (Wildman–Crippen MR) is 133 cm³/mol. The number of nitrogen functional groups attached to an aromatic ring is 1. The van der Waals surface area contributed by atoms with Gasteiger partial charge in [-0.2, -0.15) is 9.97 Å². The predicted octanol–water partition coefficient (Wildman–Crippen LogP) is 3.24. The first-order chi connectivity index (χ1) is 17.0. The summed E-state index contributed by atoms with van der Waals surface area (Å²) in [5.41, 5.74) is 9.24. The van der Waals surface area contributed by atoms with Crippen molar-refractivity contribution in [2.75, 3.05) is 47.6 Å². The Morgan fingerprint density at radius 1 is 1.14 bits per heavy atom. The van der Waals surface area contributed by atoms with Gasteiger partial charge in [-0.05, 0) is 42.5 Å². The minimum Gasteiger partial charge on any atom is -0.382 e. The highest BCUT2D eigenvalue weighted by atomic mass is 19.1. The number of amides is 1. The summed E-state index contributed by atoms with van der Waals surface area (Å²) < 4.78 is 22.0. The quantitative estimate of drug-likeness (QED) is 0.364. The van der Waals surface area contributed by atoms with Crippen molar-refractivity contribution in [3.05, 3.63) is 67.3 Å². The van der Waals surface area contributed by atoms with Crippen molar-refractivity contribution in [2.24, 2.45) is 0 Å². The van der Waals surface area contributed by atoms with E-state index in [9.17, 15) is 9.18 Å². The second-order valence-electron chi connectivity index (χ2n) is 7.85. The van der Waals surface area contributed by atoms with E-state index in [0.29, 0.717) is 48.8 Å². The van der Waals surface area contributed by atoms with Gasteiger partial charge in [0.2, 0.25) is 11.9 Å². The first kappa shape index (κ1) is 22.3. The van der Waals surface area contributed by atoms with Gasteiger partial charge in [0.15, 0.2) is 17.0 Å². The number of morpholine rings is 1. The Morgan fingerprint density at radius 2 is 1.97 bits per heavy atom. The van der Waals surface area contributed by atoms with E-state index in [1.165, 1.54) is 12.1 Å². The molecule has 4 aromatic rings. The van der Waals surface area contributed by atoms with E-state index in [0.717, 1.165) is 5.69 Å². The molecule has 2 aromatic carbocycles. The Bertz CT molecular complexity index is 1410. The van der Waals surface area contributed by atoms with E-state index in [4.69, 9.17) is 10.5 Å².